The lowest BCUT2D eigenvalue weighted by Gasteiger charge is -2.05. The predicted octanol–water partition coefficient (Wildman–Crippen LogP) is 2.66. The van der Waals surface area contributed by atoms with Crippen LogP contribution in [-0.4, -0.2) is 9.97 Å². The van der Waals surface area contributed by atoms with Crippen molar-refractivity contribution in [2.24, 2.45) is 0 Å². The van der Waals surface area contributed by atoms with E-state index < -0.39 is 0 Å². The fraction of sp³-hybridized carbons (Fsp3) is 0.167. The van der Waals surface area contributed by atoms with Crippen molar-refractivity contribution in [1.82, 2.24) is 9.97 Å². The average Bonchev–Trinajstić information content (AvgIpc) is 2.32. The van der Waals surface area contributed by atoms with Crippen LogP contribution in [0.4, 0.5) is 5.69 Å². The number of aryl methyl sites for hydroxylation is 1. The normalized spacial score (nSPS) is 10.3. The van der Waals surface area contributed by atoms with E-state index >= 15 is 0 Å². The van der Waals surface area contributed by atoms with Gasteiger partial charge in [-0.15, -0.1) is 11.8 Å². The van der Waals surface area contributed by atoms with Crippen molar-refractivity contribution in [1.29, 1.82) is 0 Å². The Bertz CT molecular complexity index is 471. The van der Waals surface area contributed by atoms with E-state index in [0.717, 1.165) is 22.0 Å². The molecule has 0 fully saturated rings. The van der Waals surface area contributed by atoms with Crippen LogP contribution in [-0.2, 0) is 5.75 Å². The standard InChI is InChI=1S/C12H13N3S/c1-9-2-3-11(13)12(6-9)16-8-10-7-14-4-5-15-10/h2-7H,8,13H2,1H3. The van der Waals surface area contributed by atoms with Crippen molar-refractivity contribution in [3.63, 3.8) is 0 Å². The van der Waals surface area contributed by atoms with Crippen LogP contribution in [0.2, 0.25) is 0 Å². The van der Waals surface area contributed by atoms with Crippen LogP contribution < -0.4 is 5.73 Å². The van der Waals surface area contributed by atoms with Gasteiger partial charge in [-0.3, -0.25) is 9.97 Å². The van der Waals surface area contributed by atoms with Crippen molar-refractivity contribution in [3.05, 3.63) is 48.0 Å². The third-order valence-electron chi connectivity index (χ3n) is 2.16. The summed E-state index contributed by atoms with van der Waals surface area (Å²) in [6, 6.07) is 6.05. The number of rotatable bonds is 3. The second-order valence-electron chi connectivity index (χ2n) is 3.53. The quantitative estimate of drug-likeness (QED) is 0.651. The Balaban J connectivity index is 2.08. The number of benzene rings is 1. The predicted molar refractivity (Wildman–Crippen MR) is 67.2 cm³/mol. The van der Waals surface area contributed by atoms with Crippen LogP contribution in [0.1, 0.15) is 11.3 Å². The lowest BCUT2D eigenvalue weighted by atomic mass is 10.2. The van der Waals surface area contributed by atoms with Gasteiger partial charge in [0.1, 0.15) is 0 Å². The first kappa shape index (κ1) is 11.0. The van der Waals surface area contributed by atoms with Crippen LogP contribution in [0.5, 0.6) is 0 Å². The summed E-state index contributed by atoms with van der Waals surface area (Å²) >= 11 is 1.69. The number of thioether (sulfide) groups is 1. The summed E-state index contributed by atoms with van der Waals surface area (Å²) < 4.78 is 0. The Kier molecular flexibility index (Phi) is 3.41. The average molecular weight is 231 g/mol. The summed E-state index contributed by atoms with van der Waals surface area (Å²) in [7, 11) is 0. The van der Waals surface area contributed by atoms with E-state index in [1.165, 1.54) is 5.56 Å². The number of nitrogen functional groups attached to an aromatic ring is 1. The Morgan fingerprint density at radius 2 is 2.19 bits per heavy atom. The van der Waals surface area contributed by atoms with Crippen LogP contribution in [0.15, 0.2) is 41.7 Å². The summed E-state index contributed by atoms with van der Waals surface area (Å²) in [6.45, 7) is 2.06. The topological polar surface area (TPSA) is 51.8 Å². The lowest BCUT2D eigenvalue weighted by Crippen LogP contribution is -1.91. The molecule has 0 amide bonds. The second-order valence-corrected chi connectivity index (χ2v) is 4.54. The van der Waals surface area contributed by atoms with Gasteiger partial charge in [-0.25, -0.2) is 0 Å². The van der Waals surface area contributed by atoms with Gasteiger partial charge in [-0.1, -0.05) is 6.07 Å². The molecule has 2 N–H and O–H groups in total. The first-order valence-corrected chi connectivity index (χ1v) is 5.98. The minimum absolute atomic E-state index is 0.793. The van der Waals surface area contributed by atoms with E-state index in [1.54, 1.807) is 30.4 Å². The Labute approximate surface area is 99.1 Å². The van der Waals surface area contributed by atoms with Crippen molar-refractivity contribution >= 4 is 17.4 Å². The number of nitrogens with zero attached hydrogens (tertiary/aromatic N) is 2. The van der Waals surface area contributed by atoms with E-state index in [1.807, 2.05) is 12.1 Å². The molecule has 0 aliphatic heterocycles. The van der Waals surface area contributed by atoms with E-state index in [2.05, 4.69) is 23.0 Å². The molecule has 1 aromatic carbocycles. The van der Waals surface area contributed by atoms with Crippen molar-refractivity contribution in [2.45, 2.75) is 17.6 Å². The summed E-state index contributed by atoms with van der Waals surface area (Å²) in [5.74, 6) is 0.793. The highest BCUT2D eigenvalue weighted by atomic mass is 32.2. The fourth-order valence-electron chi connectivity index (χ4n) is 1.32. The number of hydrogen-bond acceptors (Lipinski definition) is 4. The fourth-order valence-corrected chi connectivity index (χ4v) is 2.28. The monoisotopic (exact) mass is 231 g/mol. The zero-order valence-electron chi connectivity index (χ0n) is 9.05. The maximum Gasteiger partial charge on any atom is 0.0689 e. The highest BCUT2D eigenvalue weighted by molar-refractivity contribution is 7.98. The zero-order valence-corrected chi connectivity index (χ0v) is 9.87. The number of hydrogen-bond donors (Lipinski definition) is 1. The first-order chi connectivity index (χ1) is 7.75. The molecule has 0 saturated heterocycles. The van der Waals surface area contributed by atoms with E-state index in [4.69, 9.17) is 5.73 Å². The largest absolute Gasteiger partial charge is 0.398 e. The molecule has 0 aliphatic rings. The van der Waals surface area contributed by atoms with Gasteiger partial charge in [-0.05, 0) is 24.6 Å². The number of anilines is 1. The third kappa shape index (κ3) is 2.73. The van der Waals surface area contributed by atoms with Crippen LogP contribution >= 0.6 is 11.8 Å². The van der Waals surface area contributed by atoms with Crippen LogP contribution in [0.25, 0.3) is 0 Å². The van der Waals surface area contributed by atoms with Crippen molar-refractivity contribution < 1.29 is 0 Å². The molecule has 0 unspecified atom stereocenters. The molecule has 2 rings (SSSR count). The number of aromatic nitrogens is 2. The molecular formula is C12H13N3S. The molecule has 0 saturated carbocycles. The van der Waals surface area contributed by atoms with Gasteiger partial charge in [0.2, 0.25) is 0 Å². The molecule has 0 radical (unpaired) electrons. The Morgan fingerprint density at radius 3 is 2.94 bits per heavy atom. The minimum Gasteiger partial charge on any atom is -0.398 e. The van der Waals surface area contributed by atoms with Gasteiger partial charge in [-0.2, -0.15) is 0 Å². The maximum absolute atomic E-state index is 5.90. The molecule has 2 aromatic rings. The molecule has 0 spiro atoms. The van der Waals surface area contributed by atoms with Crippen molar-refractivity contribution in [2.75, 3.05) is 5.73 Å². The second kappa shape index (κ2) is 4.99. The highest BCUT2D eigenvalue weighted by Gasteiger charge is 2.01. The zero-order chi connectivity index (χ0) is 11.4. The minimum atomic E-state index is 0.793. The molecule has 82 valence electrons. The molecule has 3 nitrogen and oxygen atoms in total. The molecule has 0 aliphatic carbocycles. The summed E-state index contributed by atoms with van der Waals surface area (Å²) in [5.41, 5.74) is 8.90. The van der Waals surface area contributed by atoms with Crippen LogP contribution in [0.3, 0.4) is 0 Å². The molecule has 1 aromatic heterocycles. The van der Waals surface area contributed by atoms with E-state index in [0.29, 0.717) is 0 Å². The van der Waals surface area contributed by atoms with Crippen LogP contribution in [0, 0.1) is 6.92 Å². The molecule has 0 bridgehead atoms. The first-order valence-electron chi connectivity index (χ1n) is 4.99. The van der Waals surface area contributed by atoms with E-state index in [-0.39, 0.29) is 0 Å². The van der Waals surface area contributed by atoms with Gasteiger partial charge in [0, 0.05) is 34.9 Å². The lowest BCUT2D eigenvalue weighted by molar-refractivity contribution is 1.10. The molecular weight excluding hydrogens is 218 g/mol. The Morgan fingerprint density at radius 1 is 1.31 bits per heavy atom. The SMILES string of the molecule is Cc1ccc(N)c(SCc2cnccn2)c1. The van der Waals surface area contributed by atoms with Gasteiger partial charge in [0.15, 0.2) is 0 Å². The molecule has 0 atom stereocenters. The van der Waals surface area contributed by atoms with Gasteiger partial charge in [0.05, 0.1) is 5.69 Å². The smallest absolute Gasteiger partial charge is 0.0689 e. The molecule has 1 heterocycles. The highest BCUT2D eigenvalue weighted by Crippen LogP contribution is 2.28. The van der Waals surface area contributed by atoms with E-state index in [9.17, 15) is 0 Å². The summed E-state index contributed by atoms with van der Waals surface area (Å²) in [4.78, 5) is 9.35. The summed E-state index contributed by atoms with van der Waals surface area (Å²) in [5, 5.41) is 0. The van der Waals surface area contributed by atoms with Gasteiger partial charge < -0.3 is 5.73 Å². The van der Waals surface area contributed by atoms with Gasteiger partial charge in [0.25, 0.3) is 0 Å². The van der Waals surface area contributed by atoms with Crippen molar-refractivity contribution in [3.8, 4) is 0 Å². The molecule has 16 heavy (non-hydrogen) atoms. The van der Waals surface area contributed by atoms with Gasteiger partial charge >= 0.3 is 0 Å². The molecule has 4 heteroatoms. The summed E-state index contributed by atoms with van der Waals surface area (Å²) in [6.07, 6.45) is 5.16. The Hall–Kier alpha value is -1.55. The number of nitrogens with two attached hydrogens (primary N) is 1. The third-order valence-corrected chi connectivity index (χ3v) is 3.27. The maximum atomic E-state index is 5.90.